The standard InChI is InChI=1S/C10H3Br3F6O3/c11-3-1-2-4(6(13)5(3)12)22-7(20)8(21,9(14,15)16)10(17,18)19/h1-2,21H. The van der Waals surface area contributed by atoms with E-state index in [0.29, 0.717) is 4.47 Å². The van der Waals surface area contributed by atoms with Crippen molar-refractivity contribution in [1.82, 2.24) is 0 Å². The van der Waals surface area contributed by atoms with Gasteiger partial charge in [-0.3, -0.25) is 0 Å². The topological polar surface area (TPSA) is 46.5 Å². The van der Waals surface area contributed by atoms with Gasteiger partial charge in [0.05, 0.1) is 4.47 Å². The molecule has 0 radical (unpaired) electrons. The van der Waals surface area contributed by atoms with Crippen molar-refractivity contribution < 1.29 is 41.0 Å². The molecule has 22 heavy (non-hydrogen) atoms. The van der Waals surface area contributed by atoms with Crippen LogP contribution in [0.25, 0.3) is 0 Å². The third-order valence-corrected chi connectivity index (χ3v) is 5.65. The molecule has 0 aliphatic rings. The fourth-order valence-electron chi connectivity index (χ4n) is 1.15. The maximum atomic E-state index is 12.5. The van der Waals surface area contributed by atoms with Crippen LogP contribution in [0.4, 0.5) is 26.3 Å². The van der Waals surface area contributed by atoms with Gasteiger partial charge in [-0.25, -0.2) is 4.79 Å². The molecule has 1 rings (SSSR count). The lowest BCUT2D eigenvalue weighted by Gasteiger charge is -2.29. The Morgan fingerprint density at radius 2 is 1.41 bits per heavy atom. The van der Waals surface area contributed by atoms with E-state index in [1.165, 1.54) is 6.07 Å². The Labute approximate surface area is 144 Å². The van der Waals surface area contributed by atoms with Crippen molar-refractivity contribution in [1.29, 1.82) is 0 Å². The Balaban J connectivity index is 3.28. The molecule has 0 saturated heterocycles. The minimum atomic E-state index is -6.30. The Kier molecular flexibility index (Phi) is 5.63. The van der Waals surface area contributed by atoms with E-state index < -0.39 is 29.7 Å². The van der Waals surface area contributed by atoms with Crippen LogP contribution in [0.15, 0.2) is 25.6 Å². The molecule has 3 nitrogen and oxygen atoms in total. The van der Waals surface area contributed by atoms with Crippen LogP contribution in [0.1, 0.15) is 0 Å². The van der Waals surface area contributed by atoms with Crippen molar-refractivity contribution in [3.8, 4) is 5.75 Å². The van der Waals surface area contributed by atoms with Gasteiger partial charge in [0.15, 0.2) is 0 Å². The van der Waals surface area contributed by atoms with Gasteiger partial charge in [-0.2, -0.15) is 26.3 Å². The van der Waals surface area contributed by atoms with Crippen LogP contribution < -0.4 is 4.74 Å². The summed E-state index contributed by atoms with van der Waals surface area (Å²) in [7, 11) is 0. The molecular weight excluding hydrogens is 522 g/mol. The number of hydrogen-bond donors (Lipinski definition) is 1. The molecule has 0 unspecified atom stereocenters. The average Bonchev–Trinajstić information content (AvgIpc) is 2.35. The number of rotatable bonds is 2. The van der Waals surface area contributed by atoms with E-state index in [2.05, 4.69) is 52.5 Å². The Hall–Kier alpha value is -0.330. The highest BCUT2D eigenvalue weighted by atomic mass is 79.9. The van der Waals surface area contributed by atoms with E-state index in [1.807, 2.05) is 0 Å². The van der Waals surface area contributed by atoms with Gasteiger partial charge in [0.1, 0.15) is 5.75 Å². The number of halogens is 9. The molecule has 0 atom stereocenters. The van der Waals surface area contributed by atoms with Gasteiger partial charge in [-0.05, 0) is 59.9 Å². The lowest BCUT2D eigenvalue weighted by atomic mass is 10.0. The average molecular weight is 525 g/mol. The Bertz CT molecular complexity index is 585. The maximum Gasteiger partial charge on any atom is 0.437 e. The summed E-state index contributed by atoms with van der Waals surface area (Å²) >= 11 is 8.81. The van der Waals surface area contributed by atoms with E-state index in [9.17, 15) is 31.1 Å². The van der Waals surface area contributed by atoms with Gasteiger partial charge in [-0.15, -0.1) is 0 Å². The summed E-state index contributed by atoms with van der Waals surface area (Å²) < 4.78 is 79.5. The fourth-order valence-corrected chi connectivity index (χ4v) is 2.50. The zero-order valence-electron chi connectivity index (χ0n) is 9.82. The summed E-state index contributed by atoms with van der Waals surface area (Å²) in [6.45, 7) is 0. The number of carbonyl (C=O) groups is 1. The number of ether oxygens (including phenoxy) is 1. The first-order chi connectivity index (χ1) is 9.73. The van der Waals surface area contributed by atoms with Crippen molar-refractivity contribution in [3.63, 3.8) is 0 Å². The van der Waals surface area contributed by atoms with Crippen LogP contribution in [0.3, 0.4) is 0 Å². The van der Waals surface area contributed by atoms with E-state index >= 15 is 0 Å². The third kappa shape index (κ3) is 3.44. The second-order valence-corrected chi connectivity index (χ2v) is 6.21. The van der Waals surface area contributed by atoms with Gasteiger partial charge in [0.2, 0.25) is 0 Å². The summed E-state index contributed by atoms with van der Waals surface area (Å²) in [6.07, 6.45) is -12.6. The van der Waals surface area contributed by atoms with Gasteiger partial charge in [0.25, 0.3) is 0 Å². The van der Waals surface area contributed by atoms with Crippen molar-refractivity contribution in [2.45, 2.75) is 18.0 Å². The normalized spacial score (nSPS) is 13.2. The van der Waals surface area contributed by atoms with E-state index in [0.717, 1.165) is 6.07 Å². The van der Waals surface area contributed by atoms with Gasteiger partial charge < -0.3 is 9.84 Å². The lowest BCUT2D eigenvalue weighted by molar-refractivity contribution is -0.354. The van der Waals surface area contributed by atoms with Gasteiger partial charge in [0, 0.05) is 8.95 Å². The van der Waals surface area contributed by atoms with E-state index in [-0.39, 0.29) is 8.95 Å². The number of aliphatic hydroxyl groups is 1. The SMILES string of the molecule is O=C(Oc1ccc(Br)c(Br)c1Br)C(O)(C(F)(F)F)C(F)(F)F. The molecule has 0 spiro atoms. The molecule has 1 aromatic rings. The minimum Gasteiger partial charge on any atom is -0.423 e. The highest BCUT2D eigenvalue weighted by Crippen LogP contribution is 2.45. The fraction of sp³-hybridized carbons (Fsp3) is 0.300. The number of alkyl halides is 6. The molecule has 124 valence electrons. The molecule has 0 amide bonds. The van der Waals surface area contributed by atoms with Crippen LogP contribution in [0.5, 0.6) is 5.75 Å². The zero-order valence-corrected chi connectivity index (χ0v) is 14.6. The molecule has 0 aliphatic heterocycles. The van der Waals surface area contributed by atoms with Crippen molar-refractivity contribution in [2.24, 2.45) is 0 Å². The van der Waals surface area contributed by atoms with Crippen molar-refractivity contribution in [2.75, 3.05) is 0 Å². The molecule has 0 saturated carbocycles. The van der Waals surface area contributed by atoms with Gasteiger partial charge in [-0.1, -0.05) is 0 Å². The third-order valence-electron chi connectivity index (χ3n) is 2.32. The number of esters is 1. The van der Waals surface area contributed by atoms with Crippen LogP contribution >= 0.6 is 47.8 Å². The molecule has 0 aromatic heterocycles. The predicted molar refractivity (Wildman–Crippen MR) is 72.2 cm³/mol. The van der Waals surface area contributed by atoms with Crippen LogP contribution in [-0.4, -0.2) is 29.0 Å². The summed E-state index contributed by atoms with van der Waals surface area (Å²) in [5.74, 6) is -3.56. The van der Waals surface area contributed by atoms with Gasteiger partial charge >= 0.3 is 23.9 Å². The second-order valence-electron chi connectivity index (χ2n) is 3.77. The molecule has 0 heterocycles. The summed E-state index contributed by atoms with van der Waals surface area (Å²) in [5, 5.41) is 8.87. The largest absolute Gasteiger partial charge is 0.437 e. The number of carbonyl (C=O) groups excluding carboxylic acids is 1. The van der Waals surface area contributed by atoms with Crippen molar-refractivity contribution in [3.05, 3.63) is 25.6 Å². The quantitative estimate of drug-likeness (QED) is 0.263. The minimum absolute atomic E-state index is 0.123. The van der Waals surface area contributed by atoms with Crippen molar-refractivity contribution >= 4 is 53.8 Å². The lowest BCUT2D eigenvalue weighted by Crippen LogP contribution is -2.63. The first kappa shape index (κ1) is 19.7. The predicted octanol–water partition coefficient (Wildman–Crippen LogP) is 4.74. The molecule has 0 bridgehead atoms. The van der Waals surface area contributed by atoms with E-state index in [1.54, 1.807) is 0 Å². The summed E-state index contributed by atoms with van der Waals surface area (Å²) in [6, 6.07) is 2.14. The summed E-state index contributed by atoms with van der Waals surface area (Å²) in [5.41, 5.74) is -5.64. The molecule has 0 aliphatic carbocycles. The van der Waals surface area contributed by atoms with Crippen LogP contribution in [-0.2, 0) is 4.79 Å². The first-order valence-corrected chi connectivity index (χ1v) is 7.33. The highest BCUT2D eigenvalue weighted by molar-refractivity contribution is 9.14. The zero-order chi connectivity index (χ0) is 17.5. The first-order valence-electron chi connectivity index (χ1n) is 4.95. The van der Waals surface area contributed by atoms with E-state index in [4.69, 9.17) is 5.11 Å². The van der Waals surface area contributed by atoms with Crippen LogP contribution in [0, 0.1) is 0 Å². The Morgan fingerprint density at radius 1 is 0.955 bits per heavy atom. The monoisotopic (exact) mass is 522 g/mol. The highest BCUT2D eigenvalue weighted by Gasteiger charge is 2.76. The number of hydrogen-bond acceptors (Lipinski definition) is 3. The second kappa shape index (κ2) is 6.29. The molecule has 1 aromatic carbocycles. The molecule has 1 N–H and O–H groups in total. The Morgan fingerprint density at radius 3 is 1.82 bits per heavy atom. The molecule has 0 fully saturated rings. The summed E-state index contributed by atoms with van der Waals surface area (Å²) in [4.78, 5) is 11.3. The molecular formula is C10H3Br3F6O3. The maximum absolute atomic E-state index is 12.5. The molecule has 12 heteroatoms. The number of benzene rings is 1. The smallest absolute Gasteiger partial charge is 0.423 e. The van der Waals surface area contributed by atoms with Crippen LogP contribution in [0.2, 0.25) is 0 Å².